The molecule has 2 amide bonds. The topological polar surface area (TPSA) is 88.3 Å². The molecule has 0 radical (unpaired) electrons. The van der Waals surface area contributed by atoms with E-state index in [9.17, 15) is 9.59 Å². The Balaban J connectivity index is 1.26. The Labute approximate surface area is 180 Å². The fourth-order valence-electron chi connectivity index (χ4n) is 5.22. The number of aromatic nitrogens is 1. The lowest BCUT2D eigenvalue weighted by atomic mass is 9.92. The molecule has 1 aromatic carbocycles. The summed E-state index contributed by atoms with van der Waals surface area (Å²) >= 11 is 6.01. The number of carbonyl (C=O) groups is 2. The molecule has 3 aliphatic rings. The quantitative estimate of drug-likeness (QED) is 0.771. The smallest absolute Gasteiger partial charge is 0.250 e. The van der Waals surface area contributed by atoms with Gasteiger partial charge in [0.2, 0.25) is 11.8 Å². The fraction of sp³-hybridized carbons (Fsp3) is 0.435. The van der Waals surface area contributed by atoms with E-state index in [0.29, 0.717) is 22.7 Å². The SMILES string of the molecule is NC(=O)c1ccc(N2[C@@H]3CC[C@H]2CC(NC(=O)C2(c4ccc(Cl)cc4)CC2)C3)nc1. The van der Waals surface area contributed by atoms with Crippen LogP contribution < -0.4 is 16.0 Å². The van der Waals surface area contributed by atoms with E-state index >= 15 is 0 Å². The van der Waals surface area contributed by atoms with E-state index in [1.165, 1.54) is 0 Å². The number of nitrogens with zero attached hydrogens (tertiary/aromatic N) is 2. The minimum atomic E-state index is -0.465. The van der Waals surface area contributed by atoms with Gasteiger partial charge in [0.25, 0.3) is 0 Å². The van der Waals surface area contributed by atoms with Crippen molar-refractivity contribution in [2.24, 2.45) is 5.73 Å². The first kappa shape index (κ1) is 19.4. The summed E-state index contributed by atoms with van der Waals surface area (Å²) in [6, 6.07) is 12.2. The summed E-state index contributed by atoms with van der Waals surface area (Å²) in [5, 5.41) is 4.04. The van der Waals surface area contributed by atoms with Crippen LogP contribution in [0.5, 0.6) is 0 Å². The molecule has 3 fully saturated rings. The number of amides is 2. The first-order chi connectivity index (χ1) is 14.5. The second-order valence-electron chi connectivity index (χ2n) is 8.79. The molecule has 156 valence electrons. The molecular formula is C23H25ClN4O2. The predicted octanol–water partition coefficient (Wildman–Crippen LogP) is 3.18. The summed E-state index contributed by atoms with van der Waals surface area (Å²) in [4.78, 5) is 31.3. The maximum absolute atomic E-state index is 13.2. The Morgan fingerprint density at radius 2 is 1.73 bits per heavy atom. The summed E-state index contributed by atoms with van der Waals surface area (Å²) in [7, 11) is 0. The largest absolute Gasteiger partial charge is 0.366 e. The van der Waals surface area contributed by atoms with Crippen LogP contribution in [0.25, 0.3) is 0 Å². The van der Waals surface area contributed by atoms with Gasteiger partial charge in [-0.25, -0.2) is 4.98 Å². The van der Waals surface area contributed by atoms with Gasteiger partial charge in [-0.15, -0.1) is 0 Å². The maximum atomic E-state index is 13.2. The second-order valence-corrected chi connectivity index (χ2v) is 9.23. The number of anilines is 1. The lowest BCUT2D eigenvalue weighted by molar-refractivity contribution is -0.124. The van der Waals surface area contributed by atoms with Gasteiger partial charge in [-0.3, -0.25) is 9.59 Å². The molecule has 2 aromatic rings. The number of benzene rings is 1. The molecule has 7 heteroatoms. The molecule has 6 nitrogen and oxygen atoms in total. The first-order valence-corrected chi connectivity index (χ1v) is 11.0. The number of hydrogen-bond donors (Lipinski definition) is 2. The highest BCUT2D eigenvalue weighted by Crippen LogP contribution is 2.49. The van der Waals surface area contributed by atoms with Crippen LogP contribution in [0.1, 0.15) is 54.4 Å². The lowest BCUT2D eigenvalue weighted by Gasteiger charge is -2.40. The molecule has 5 rings (SSSR count). The highest BCUT2D eigenvalue weighted by Gasteiger charge is 2.52. The van der Waals surface area contributed by atoms with Gasteiger partial charge in [-0.1, -0.05) is 23.7 Å². The Kier molecular flexibility index (Phi) is 4.69. The normalized spacial score (nSPS) is 26.3. The molecule has 0 spiro atoms. The standard InChI is InChI=1S/C23H25ClN4O2/c24-16-4-2-15(3-5-16)23(9-10-23)22(30)27-17-11-18-6-7-19(12-17)28(18)20-8-1-14(13-26-20)21(25)29/h1-5,8,13,17-19H,6-7,9-12H2,(H2,25,29)(H,27,30)/t17?,18-,19+. The summed E-state index contributed by atoms with van der Waals surface area (Å²) in [5.74, 6) is 0.567. The molecule has 30 heavy (non-hydrogen) atoms. The summed E-state index contributed by atoms with van der Waals surface area (Å²) in [6.45, 7) is 0. The number of halogens is 1. The number of primary amides is 1. The van der Waals surface area contributed by atoms with Crippen LogP contribution in [0.4, 0.5) is 5.82 Å². The van der Waals surface area contributed by atoms with E-state index in [1.807, 2.05) is 30.3 Å². The van der Waals surface area contributed by atoms with Crippen LogP contribution in [0.3, 0.4) is 0 Å². The van der Waals surface area contributed by atoms with Crippen LogP contribution in [-0.4, -0.2) is 34.9 Å². The van der Waals surface area contributed by atoms with Crippen LogP contribution in [0.2, 0.25) is 5.02 Å². The number of nitrogens with two attached hydrogens (primary N) is 1. The maximum Gasteiger partial charge on any atom is 0.250 e. The molecule has 3 N–H and O–H groups in total. The van der Waals surface area contributed by atoms with Gasteiger partial charge >= 0.3 is 0 Å². The predicted molar refractivity (Wildman–Crippen MR) is 116 cm³/mol. The third-order valence-electron chi connectivity index (χ3n) is 6.95. The zero-order valence-corrected chi connectivity index (χ0v) is 17.4. The third kappa shape index (κ3) is 3.33. The van der Waals surface area contributed by atoms with Crippen LogP contribution in [-0.2, 0) is 10.2 Å². The Bertz CT molecular complexity index is 958. The summed E-state index contributed by atoms with van der Waals surface area (Å²) in [6.07, 6.45) is 7.35. The van der Waals surface area contributed by atoms with Gasteiger partial charge in [0.15, 0.2) is 0 Å². The van der Waals surface area contributed by atoms with E-state index in [0.717, 1.165) is 49.9 Å². The Morgan fingerprint density at radius 3 is 2.27 bits per heavy atom. The van der Waals surface area contributed by atoms with Crippen molar-refractivity contribution < 1.29 is 9.59 Å². The fourth-order valence-corrected chi connectivity index (χ4v) is 5.34. The number of hydrogen-bond acceptors (Lipinski definition) is 4. The Hall–Kier alpha value is -2.60. The highest BCUT2D eigenvalue weighted by molar-refractivity contribution is 6.30. The number of pyridine rings is 1. The van der Waals surface area contributed by atoms with E-state index in [2.05, 4.69) is 15.2 Å². The third-order valence-corrected chi connectivity index (χ3v) is 7.20. The van der Waals surface area contributed by atoms with Gasteiger partial charge in [0.05, 0.1) is 11.0 Å². The molecule has 1 aromatic heterocycles. The Morgan fingerprint density at radius 1 is 1.07 bits per heavy atom. The zero-order chi connectivity index (χ0) is 20.9. The number of rotatable bonds is 5. The van der Waals surface area contributed by atoms with Crippen LogP contribution in [0.15, 0.2) is 42.6 Å². The van der Waals surface area contributed by atoms with Crippen molar-refractivity contribution >= 4 is 29.2 Å². The van der Waals surface area contributed by atoms with Gasteiger partial charge < -0.3 is 16.0 Å². The van der Waals surface area contributed by atoms with Gasteiger partial charge in [-0.2, -0.15) is 0 Å². The second kappa shape index (κ2) is 7.27. The van der Waals surface area contributed by atoms with Crippen LogP contribution >= 0.6 is 11.6 Å². The highest BCUT2D eigenvalue weighted by atomic mass is 35.5. The molecule has 2 saturated heterocycles. The number of nitrogens with one attached hydrogen (secondary N) is 1. The van der Waals surface area contributed by atoms with E-state index in [-0.39, 0.29) is 17.4 Å². The number of fused-ring (bicyclic) bond motifs is 2. The van der Waals surface area contributed by atoms with E-state index < -0.39 is 5.91 Å². The molecule has 1 unspecified atom stereocenters. The molecule has 1 saturated carbocycles. The van der Waals surface area contributed by atoms with E-state index in [4.69, 9.17) is 17.3 Å². The van der Waals surface area contributed by atoms with Gasteiger partial charge in [-0.05, 0) is 68.4 Å². The van der Waals surface area contributed by atoms with Gasteiger partial charge in [0.1, 0.15) is 5.82 Å². The average Bonchev–Trinajstić information content (AvgIpc) is 3.50. The average molecular weight is 425 g/mol. The monoisotopic (exact) mass is 424 g/mol. The molecule has 2 aliphatic heterocycles. The minimum Gasteiger partial charge on any atom is -0.366 e. The molecule has 2 bridgehead atoms. The molecule has 3 heterocycles. The van der Waals surface area contributed by atoms with Crippen molar-refractivity contribution in [3.63, 3.8) is 0 Å². The summed E-state index contributed by atoms with van der Waals surface area (Å²) in [5.41, 5.74) is 6.42. The zero-order valence-electron chi connectivity index (χ0n) is 16.7. The molecule has 1 aliphatic carbocycles. The molecular weight excluding hydrogens is 400 g/mol. The van der Waals surface area contributed by atoms with Gasteiger partial charge in [0, 0.05) is 29.3 Å². The summed E-state index contributed by atoms with van der Waals surface area (Å²) < 4.78 is 0. The van der Waals surface area contributed by atoms with Crippen molar-refractivity contribution in [1.82, 2.24) is 10.3 Å². The van der Waals surface area contributed by atoms with Crippen molar-refractivity contribution in [2.45, 2.75) is 62.1 Å². The van der Waals surface area contributed by atoms with E-state index in [1.54, 1.807) is 12.3 Å². The molecule has 3 atom stereocenters. The van der Waals surface area contributed by atoms with Crippen molar-refractivity contribution in [3.8, 4) is 0 Å². The number of carbonyl (C=O) groups excluding carboxylic acids is 2. The van der Waals surface area contributed by atoms with Crippen LogP contribution in [0, 0.1) is 0 Å². The minimum absolute atomic E-state index is 0.145. The lowest BCUT2D eigenvalue weighted by Crippen LogP contribution is -2.52. The van der Waals surface area contributed by atoms with Crippen molar-refractivity contribution in [2.75, 3.05) is 4.90 Å². The van der Waals surface area contributed by atoms with Crippen molar-refractivity contribution in [1.29, 1.82) is 0 Å². The van der Waals surface area contributed by atoms with Crippen molar-refractivity contribution in [3.05, 3.63) is 58.7 Å². The first-order valence-electron chi connectivity index (χ1n) is 10.6. The number of piperidine rings is 1.